The number of hydrogen-bond acceptors (Lipinski definition) is 1. The van der Waals surface area contributed by atoms with E-state index in [4.69, 9.17) is 23.2 Å². The summed E-state index contributed by atoms with van der Waals surface area (Å²) in [5.41, 5.74) is 0.741. The minimum absolute atomic E-state index is 0.0868. The maximum Gasteiger partial charge on any atom is 0.230 e. The lowest BCUT2D eigenvalue weighted by Crippen LogP contribution is -2.07. The predicted octanol–water partition coefficient (Wildman–Crippen LogP) is 2.54. The summed E-state index contributed by atoms with van der Waals surface area (Å²) in [7, 11) is 0. The van der Waals surface area contributed by atoms with Crippen LogP contribution in [0.5, 0.6) is 0 Å². The molecule has 2 rings (SSSR count). The summed E-state index contributed by atoms with van der Waals surface area (Å²) in [4.78, 5) is 9.94. The largest absolute Gasteiger partial charge is 0.281 e. The van der Waals surface area contributed by atoms with Crippen molar-refractivity contribution in [3.63, 3.8) is 0 Å². The van der Waals surface area contributed by atoms with Gasteiger partial charge in [-0.3, -0.25) is 4.79 Å². The number of halogens is 3. The van der Waals surface area contributed by atoms with Crippen LogP contribution < -0.4 is 0 Å². The molecule has 2 unspecified atom stereocenters. The molecule has 0 aromatic carbocycles. The molecule has 0 aromatic heterocycles. The monoisotopic (exact) mass is 206 g/mol. The second-order valence-electron chi connectivity index (χ2n) is 3.01. The van der Waals surface area contributed by atoms with Crippen LogP contribution in [0, 0.1) is 5.92 Å². The number of fused-ring (bicyclic) bond motifs is 1. The molecule has 0 bridgehead atoms. The van der Waals surface area contributed by atoms with Gasteiger partial charge in [-0.05, 0) is 23.3 Å². The third-order valence-corrected chi connectivity index (χ3v) is 3.05. The summed E-state index contributed by atoms with van der Waals surface area (Å²) in [6, 6.07) is 0. The quantitative estimate of drug-likeness (QED) is 0.477. The van der Waals surface area contributed by atoms with Gasteiger partial charge in [-0.15, -0.1) is 11.6 Å². The molecule has 0 aliphatic heterocycles. The first-order valence-corrected chi connectivity index (χ1v) is 4.26. The van der Waals surface area contributed by atoms with Gasteiger partial charge < -0.3 is 0 Å². The Labute approximate surface area is 78.8 Å². The minimum Gasteiger partial charge on any atom is -0.281 e. The summed E-state index contributed by atoms with van der Waals surface area (Å²) < 4.78 is 12.7. The Bertz CT molecular complexity index is 321. The van der Waals surface area contributed by atoms with Crippen LogP contribution in [0.1, 0.15) is 6.42 Å². The third kappa shape index (κ3) is 0.947. The fourth-order valence-electron chi connectivity index (χ4n) is 1.60. The van der Waals surface area contributed by atoms with Crippen molar-refractivity contribution in [2.24, 2.45) is 5.92 Å². The van der Waals surface area contributed by atoms with Crippen molar-refractivity contribution in [3.05, 3.63) is 23.6 Å². The van der Waals surface area contributed by atoms with Crippen LogP contribution >= 0.6 is 23.2 Å². The Morgan fingerprint density at radius 1 is 1.67 bits per heavy atom. The van der Waals surface area contributed by atoms with E-state index in [0.717, 1.165) is 5.57 Å². The van der Waals surface area contributed by atoms with Crippen LogP contribution in [0.15, 0.2) is 23.6 Å². The highest BCUT2D eigenvalue weighted by atomic mass is 35.5. The molecule has 1 saturated carbocycles. The molecule has 0 aromatic rings. The normalized spacial score (nSPS) is 38.1. The Hall–Kier alpha value is -0.340. The van der Waals surface area contributed by atoms with E-state index >= 15 is 0 Å². The molecule has 2 aliphatic carbocycles. The maximum absolute atomic E-state index is 12.7. The van der Waals surface area contributed by atoms with E-state index in [9.17, 15) is 9.18 Å². The number of carbonyl (C=O) groups excluding carboxylic acids is 1. The SMILES string of the molecule is O=C(Cl)C1C2=CC=C(F)CC21Cl. The fraction of sp³-hybridized carbons (Fsp3) is 0.375. The number of rotatable bonds is 1. The topological polar surface area (TPSA) is 17.1 Å². The zero-order chi connectivity index (χ0) is 8.93. The summed E-state index contributed by atoms with van der Waals surface area (Å²) in [5, 5.41) is -0.501. The molecule has 4 heteroatoms. The molecule has 2 aliphatic rings. The predicted molar refractivity (Wildman–Crippen MR) is 44.8 cm³/mol. The molecular weight excluding hydrogens is 202 g/mol. The van der Waals surface area contributed by atoms with E-state index in [-0.39, 0.29) is 12.2 Å². The van der Waals surface area contributed by atoms with E-state index in [1.165, 1.54) is 12.2 Å². The van der Waals surface area contributed by atoms with Crippen LogP contribution in [0.4, 0.5) is 4.39 Å². The van der Waals surface area contributed by atoms with Crippen molar-refractivity contribution >= 4 is 28.4 Å². The Balaban J connectivity index is 2.29. The molecule has 0 radical (unpaired) electrons. The van der Waals surface area contributed by atoms with Crippen LogP contribution in [0.3, 0.4) is 0 Å². The molecular formula is C8H5Cl2FO. The van der Waals surface area contributed by atoms with Gasteiger partial charge in [0.1, 0.15) is 5.83 Å². The van der Waals surface area contributed by atoms with E-state index in [0.29, 0.717) is 0 Å². The number of carbonyl (C=O) groups is 1. The van der Waals surface area contributed by atoms with Crippen LogP contribution in [0.25, 0.3) is 0 Å². The van der Waals surface area contributed by atoms with Gasteiger partial charge in [-0.2, -0.15) is 0 Å². The Morgan fingerprint density at radius 3 is 2.83 bits per heavy atom. The van der Waals surface area contributed by atoms with Crippen LogP contribution in [-0.2, 0) is 4.79 Å². The molecule has 0 amide bonds. The van der Waals surface area contributed by atoms with Gasteiger partial charge in [-0.25, -0.2) is 4.39 Å². The first-order chi connectivity index (χ1) is 5.55. The van der Waals surface area contributed by atoms with E-state index in [1.54, 1.807) is 0 Å². The maximum atomic E-state index is 12.7. The lowest BCUT2D eigenvalue weighted by molar-refractivity contribution is -0.112. The van der Waals surface area contributed by atoms with Gasteiger partial charge in [0.25, 0.3) is 0 Å². The van der Waals surface area contributed by atoms with Crippen molar-refractivity contribution in [1.82, 2.24) is 0 Å². The van der Waals surface area contributed by atoms with Crippen LogP contribution in [0.2, 0.25) is 0 Å². The van der Waals surface area contributed by atoms with Gasteiger partial charge in [-0.1, -0.05) is 6.08 Å². The van der Waals surface area contributed by atoms with Gasteiger partial charge in [0.2, 0.25) is 5.24 Å². The summed E-state index contributed by atoms with van der Waals surface area (Å²) in [6.07, 6.45) is 2.95. The summed E-state index contributed by atoms with van der Waals surface area (Å²) in [5.74, 6) is -0.778. The summed E-state index contributed by atoms with van der Waals surface area (Å²) >= 11 is 11.2. The lowest BCUT2D eigenvalue weighted by atomic mass is 10.1. The Morgan fingerprint density at radius 2 is 2.33 bits per heavy atom. The fourth-order valence-corrected chi connectivity index (χ4v) is 2.42. The zero-order valence-corrected chi connectivity index (χ0v) is 7.49. The molecule has 0 N–H and O–H groups in total. The second kappa shape index (κ2) is 2.33. The molecule has 1 nitrogen and oxygen atoms in total. The van der Waals surface area contributed by atoms with E-state index in [2.05, 4.69) is 0 Å². The van der Waals surface area contributed by atoms with Crippen molar-refractivity contribution in [1.29, 1.82) is 0 Å². The van der Waals surface area contributed by atoms with Gasteiger partial charge >= 0.3 is 0 Å². The number of hydrogen-bond donors (Lipinski definition) is 0. The van der Waals surface area contributed by atoms with Crippen LogP contribution in [-0.4, -0.2) is 10.1 Å². The minimum atomic E-state index is -0.836. The van der Waals surface area contributed by atoms with Gasteiger partial charge in [0, 0.05) is 6.42 Å². The third-order valence-electron chi connectivity index (χ3n) is 2.26. The first-order valence-electron chi connectivity index (χ1n) is 3.50. The average molecular weight is 207 g/mol. The van der Waals surface area contributed by atoms with E-state index < -0.39 is 16.0 Å². The van der Waals surface area contributed by atoms with Crippen molar-refractivity contribution in [2.45, 2.75) is 11.3 Å². The molecule has 12 heavy (non-hydrogen) atoms. The first kappa shape index (κ1) is 8.27. The van der Waals surface area contributed by atoms with Gasteiger partial charge in [0.15, 0.2) is 0 Å². The standard InChI is InChI=1S/C8H5Cl2FO/c9-7(12)6-5-2-1-4(11)3-8(5,6)10/h1-2,6H,3H2. The van der Waals surface area contributed by atoms with Gasteiger partial charge in [0.05, 0.1) is 10.8 Å². The van der Waals surface area contributed by atoms with Crippen molar-refractivity contribution in [3.8, 4) is 0 Å². The second-order valence-corrected chi connectivity index (χ2v) is 4.06. The smallest absolute Gasteiger partial charge is 0.230 e. The lowest BCUT2D eigenvalue weighted by Gasteiger charge is -2.05. The summed E-state index contributed by atoms with van der Waals surface area (Å²) in [6.45, 7) is 0. The number of alkyl halides is 1. The highest BCUT2D eigenvalue weighted by Gasteiger charge is 2.63. The molecule has 1 fully saturated rings. The molecule has 2 atom stereocenters. The highest BCUT2D eigenvalue weighted by molar-refractivity contribution is 6.66. The van der Waals surface area contributed by atoms with Crippen molar-refractivity contribution in [2.75, 3.05) is 0 Å². The molecule has 64 valence electrons. The Kier molecular flexibility index (Phi) is 1.61. The molecule has 0 heterocycles. The molecule has 0 saturated heterocycles. The zero-order valence-electron chi connectivity index (χ0n) is 5.98. The van der Waals surface area contributed by atoms with Crippen molar-refractivity contribution < 1.29 is 9.18 Å². The average Bonchev–Trinajstić information content (AvgIpc) is 2.52. The highest BCUT2D eigenvalue weighted by Crippen LogP contribution is 2.61. The van der Waals surface area contributed by atoms with E-state index in [1.807, 2.05) is 0 Å². The number of allylic oxidation sites excluding steroid dienone is 4. The molecule has 0 spiro atoms.